The number of esters is 1. The smallest absolute Gasteiger partial charge is 0.307 e. The Hall–Kier alpha value is -4.28. The van der Waals surface area contributed by atoms with Crippen LogP contribution in [0.2, 0.25) is 0 Å². The van der Waals surface area contributed by atoms with Crippen LogP contribution in [0, 0.1) is 0 Å². The molecule has 0 aliphatic carbocycles. The molecule has 0 saturated heterocycles. The summed E-state index contributed by atoms with van der Waals surface area (Å²) in [5.41, 5.74) is 2.55. The first-order valence-electron chi connectivity index (χ1n) is 11.9. The van der Waals surface area contributed by atoms with Crippen molar-refractivity contribution in [2.45, 2.75) is 39.3 Å². The highest BCUT2D eigenvalue weighted by molar-refractivity contribution is 6.13. The first kappa shape index (κ1) is 24.8. The molecule has 11 heteroatoms. The van der Waals surface area contributed by atoms with Crippen molar-refractivity contribution in [2.24, 2.45) is 0 Å². The van der Waals surface area contributed by atoms with Gasteiger partial charge in [-0.1, -0.05) is 30.3 Å². The molecular formula is C25H29N7O4. The maximum Gasteiger partial charge on any atom is 0.307 e. The van der Waals surface area contributed by atoms with Gasteiger partial charge in [0.25, 0.3) is 11.8 Å². The molecule has 188 valence electrons. The summed E-state index contributed by atoms with van der Waals surface area (Å²) in [5.74, 6) is -0.202. The number of imidazole rings is 1. The van der Waals surface area contributed by atoms with E-state index in [-0.39, 0.29) is 25.6 Å². The zero-order valence-corrected chi connectivity index (χ0v) is 20.3. The van der Waals surface area contributed by atoms with Crippen LogP contribution in [0.5, 0.6) is 0 Å². The van der Waals surface area contributed by atoms with Crippen LogP contribution in [0.3, 0.4) is 0 Å². The molecule has 2 aromatic heterocycles. The van der Waals surface area contributed by atoms with Crippen LogP contribution in [-0.2, 0) is 25.7 Å². The lowest BCUT2D eigenvalue weighted by Crippen LogP contribution is -2.32. The van der Waals surface area contributed by atoms with Crippen LogP contribution in [0.15, 0.2) is 48.8 Å². The molecule has 0 spiro atoms. The number of fused-ring (bicyclic) bond motifs is 1. The van der Waals surface area contributed by atoms with Gasteiger partial charge in [0.15, 0.2) is 17.0 Å². The molecule has 4 rings (SSSR count). The predicted molar refractivity (Wildman–Crippen MR) is 134 cm³/mol. The molecule has 3 aromatic rings. The fourth-order valence-electron chi connectivity index (χ4n) is 3.66. The van der Waals surface area contributed by atoms with Crippen LogP contribution >= 0.6 is 0 Å². The normalized spacial score (nSPS) is 13.1. The highest BCUT2D eigenvalue weighted by Gasteiger charge is 2.23. The second-order valence-corrected chi connectivity index (χ2v) is 8.57. The van der Waals surface area contributed by atoms with Gasteiger partial charge in [0.2, 0.25) is 5.95 Å². The Labute approximate surface area is 208 Å². The fourth-order valence-corrected chi connectivity index (χ4v) is 3.66. The Bertz CT molecular complexity index is 1250. The molecule has 0 atom stereocenters. The number of hydrogen-bond acceptors (Lipinski definition) is 9. The minimum absolute atomic E-state index is 0.0118. The van der Waals surface area contributed by atoms with Crippen molar-refractivity contribution in [3.63, 3.8) is 0 Å². The molecule has 3 heterocycles. The van der Waals surface area contributed by atoms with Crippen molar-refractivity contribution in [3.8, 4) is 0 Å². The predicted octanol–water partition coefficient (Wildman–Crippen LogP) is 2.68. The van der Waals surface area contributed by atoms with Gasteiger partial charge in [-0.25, -0.2) is 4.98 Å². The molecule has 0 fully saturated rings. The third-order valence-corrected chi connectivity index (χ3v) is 5.59. The highest BCUT2D eigenvalue weighted by Crippen LogP contribution is 2.24. The summed E-state index contributed by atoms with van der Waals surface area (Å²) in [7, 11) is 0. The van der Waals surface area contributed by atoms with E-state index < -0.39 is 17.8 Å². The number of rotatable bonds is 12. The summed E-state index contributed by atoms with van der Waals surface area (Å²) in [4.78, 5) is 49.8. The monoisotopic (exact) mass is 491 g/mol. The maximum atomic E-state index is 11.9. The van der Waals surface area contributed by atoms with Gasteiger partial charge in [0, 0.05) is 37.8 Å². The Morgan fingerprint density at radius 2 is 1.81 bits per heavy atom. The number of carbonyl (C=O) groups is 3. The number of nitrogens with one attached hydrogen (secondary N) is 2. The summed E-state index contributed by atoms with van der Waals surface area (Å²) < 4.78 is 7.20. The van der Waals surface area contributed by atoms with E-state index in [9.17, 15) is 14.4 Å². The zero-order chi connectivity index (χ0) is 25.5. The van der Waals surface area contributed by atoms with E-state index >= 15 is 0 Å². The summed E-state index contributed by atoms with van der Waals surface area (Å²) in [5, 5.41) is 6.56. The molecule has 1 aliphatic rings. The molecule has 0 radical (unpaired) electrons. The van der Waals surface area contributed by atoms with E-state index in [1.165, 1.54) is 12.2 Å². The first-order chi connectivity index (χ1) is 17.4. The van der Waals surface area contributed by atoms with Gasteiger partial charge >= 0.3 is 5.97 Å². The van der Waals surface area contributed by atoms with E-state index in [1.807, 2.05) is 34.9 Å². The van der Waals surface area contributed by atoms with Crippen LogP contribution < -0.4 is 10.6 Å². The molecule has 0 saturated carbocycles. The van der Waals surface area contributed by atoms with Gasteiger partial charge in [-0.15, -0.1) is 0 Å². The van der Waals surface area contributed by atoms with E-state index in [0.29, 0.717) is 36.8 Å². The number of hydrogen-bond donors (Lipinski definition) is 2. The third kappa shape index (κ3) is 6.04. The van der Waals surface area contributed by atoms with Gasteiger partial charge in [-0.3, -0.25) is 19.3 Å². The molecule has 1 aliphatic heterocycles. The standard InChI is InChI=1S/C25H29N7O4/c1-17(2)32-16-28-22-23(27-15-18-7-4-3-5-8-18)29-25(30-24(22)32)26-12-6-14-36-21(35)11-13-31-19(33)9-10-20(31)34/h3-5,7-10,16-17H,6,11-15H2,1-2H3,(H2,26,27,29,30). The van der Waals surface area contributed by atoms with Crippen molar-refractivity contribution in [2.75, 3.05) is 30.3 Å². The van der Waals surface area contributed by atoms with E-state index in [2.05, 4.69) is 39.4 Å². The Balaban J connectivity index is 1.30. The first-order valence-corrected chi connectivity index (χ1v) is 11.9. The molecule has 2 amide bonds. The highest BCUT2D eigenvalue weighted by atomic mass is 16.5. The third-order valence-electron chi connectivity index (χ3n) is 5.59. The Kier molecular flexibility index (Phi) is 7.89. The summed E-state index contributed by atoms with van der Waals surface area (Å²) in [6.45, 7) is 5.41. The molecule has 1 aromatic carbocycles. The largest absolute Gasteiger partial charge is 0.466 e. The maximum absolute atomic E-state index is 11.9. The second-order valence-electron chi connectivity index (χ2n) is 8.57. The van der Waals surface area contributed by atoms with Gasteiger partial charge < -0.3 is 19.9 Å². The number of amides is 2. The summed E-state index contributed by atoms with van der Waals surface area (Å²) in [6, 6.07) is 10.2. The summed E-state index contributed by atoms with van der Waals surface area (Å²) in [6.07, 6.45) is 4.64. The second kappa shape index (κ2) is 11.4. The number of imide groups is 1. The van der Waals surface area contributed by atoms with Crippen LogP contribution in [0.25, 0.3) is 11.2 Å². The van der Waals surface area contributed by atoms with Crippen molar-refractivity contribution in [1.29, 1.82) is 0 Å². The van der Waals surface area contributed by atoms with Crippen molar-refractivity contribution in [1.82, 2.24) is 24.4 Å². The molecular weight excluding hydrogens is 462 g/mol. The topological polar surface area (TPSA) is 131 Å². The fraction of sp³-hybridized carbons (Fsp3) is 0.360. The minimum atomic E-state index is -0.464. The van der Waals surface area contributed by atoms with Gasteiger partial charge in [0.1, 0.15) is 0 Å². The number of carbonyl (C=O) groups excluding carboxylic acids is 3. The molecule has 36 heavy (non-hydrogen) atoms. The van der Waals surface area contributed by atoms with E-state index in [4.69, 9.17) is 4.74 Å². The lowest BCUT2D eigenvalue weighted by atomic mass is 10.2. The number of benzene rings is 1. The molecule has 11 nitrogen and oxygen atoms in total. The number of nitrogens with zero attached hydrogens (tertiary/aromatic N) is 5. The van der Waals surface area contributed by atoms with Crippen molar-refractivity contribution < 1.29 is 19.1 Å². The van der Waals surface area contributed by atoms with E-state index in [0.717, 1.165) is 16.1 Å². The Morgan fingerprint density at radius 1 is 1.06 bits per heavy atom. The van der Waals surface area contributed by atoms with Gasteiger partial charge in [0.05, 0.1) is 19.4 Å². The molecule has 0 unspecified atom stereocenters. The van der Waals surface area contributed by atoms with Crippen LogP contribution in [0.4, 0.5) is 11.8 Å². The average Bonchev–Trinajstić information content (AvgIpc) is 3.44. The Morgan fingerprint density at radius 3 is 2.53 bits per heavy atom. The van der Waals surface area contributed by atoms with Crippen LogP contribution in [-0.4, -0.2) is 61.9 Å². The SMILES string of the molecule is CC(C)n1cnc2c(NCc3ccccc3)nc(NCCCOC(=O)CCN3C(=O)C=CC3=O)nc21. The van der Waals surface area contributed by atoms with Gasteiger partial charge in [-0.05, 0) is 25.8 Å². The van der Waals surface area contributed by atoms with Crippen LogP contribution in [0.1, 0.15) is 38.3 Å². The lowest BCUT2D eigenvalue weighted by Gasteiger charge is -2.13. The van der Waals surface area contributed by atoms with Gasteiger partial charge in [-0.2, -0.15) is 9.97 Å². The average molecular weight is 492 g/mol. The van der Waals surface area contributed by atoms with Crippen molar-refractivity contribution >= 4 is 40.7 Å². The number of anilines is 2. The number of aromatic nitrogens is 4. The molecule has 0 bridgehead atoms. The zero-order valence-electron chi connectivity index (χ0n) is 20.3. The summed E-state index contributed by atoms with van der Waals surface area (Å²) >= 11 is 0. The number of ether oxygens (including phenoxy) is 1. The van der Waals surface area contributed by atoms with Crippen molar-refractivity contribution in [3.05, 3.63) is 54.4 Å². The minimum Gasteiger partial charge on any atom is -0.466 e. The quantitative estimate of drug-likeness (QED) is 0.223. The molecule has 2 N–H and O–H groups in total. The lowest BCUT2D eigenvalue weighted by molar-refractivity contribution is -0.145. The van der Waals surface area contributed by atoms with E-state index in [1.54, 1.807) is 6.33 Å².